The lowest BCUT2D eigenvalue weighted by Gasteiger charge is -2.36. The van der Waals surface area contributed by atoms with Gasteiger partial charge in [-0.25, -0.2) is 0 Å². The van der Waals surface area contributed by atoms with E-state index in [0.29, 0.717) is 19.1 Å². The van der Waals surface area contributed by atoms with Crippen molar-refractivity contribution in [2.45, 2.75) is 31.5 Å². The molecule has 1 saturated carbocycles. The summed E-state index contributed by atoms with van der Waals surface area (Å²) in [5.74, 6) is 1.33. The molecule has 1 aromatic carbocycles. The molecule has 1 amide bonds. The van der Waals surface area contributed by atoms with Crippen molar-refractivity contribution >= 4 is 11.9 Å². The second-order valence-corrected chi connectivity index (χ2v) is 7.88. The summed E-state index contributed by atoms with van der Waals surface area (Å²) >= 11 is 0. The molecular formula is C21H31N5O2. The molecule has 1 aliphatic carbocycles. The Bertz CT molecular complexity index is 691. The number of guanidine groups is 1. The first-order valence-electron chi connectivity index (χ1n) is 10.4. The zero-order chi connectivity index (χ0) is 19.3. The monoisotopic (exact) mass is 385 g/mol. The fourth-order valence-corrected chi connectivity index (χ4v) is 4.13. The van der Waals surface area contributed by atoms with E-state index < -0.39 is 0 Å². The average Bonchev–Trinajstić information content (AvgIpc) is 3.48. The number of hydrogen-bond acceptors (Lipinski definition) is 4. The van der Waals surface area contributed by atoms with Gasteiger partial charge in [0.25, 0.3) is 0 Å². The van der Waals surface area contributed by atoms with Gasteiger partial charge < -0.3 is 20.3 Å². The zero-order valence-electron chi connectivity index (χ0n) is 16.6. The van der Waals surface area contributed by atoms with E-state index in [4.69, 9.17) is 4.74 Å². The van der Waals surface area contributed by atoms with E-state index in [9.17, 15) is 4.79 Å². The van der Waals surface area contributed by atoms with Crippen LogP contribution in [0.25, 0.3) is 0 Å². The van der Waals surface area contributed by atoms with Crippen LogP contribution in [0.1, 0.15) is 18.4 Å². The van der Waals surface area contributed by atoms with E-state index in [0.717, 1.165) is 51.6 Å². The summed E-state index contributed by atoms with van der Waals surface area (Å²) in [5, 5.41) is 6.38. The SMILES string of the molecule is CN=C(NCCNC(=O)C1CC1)N1CC2OCCN(Cc3ccccc3)C2C1. The molecule has 28 heavy (non-hydrogen) atoms. The second-order valence-electron chi connectivity index (χ2n) is 7.88. The fourth-order valence-electron chi connectivity index (χ4n) is 4.13. The molecule has 2 aliphatic heterocycles. The van der Waals surface area contributed by atoms with E-state index in [1.54, 1.807) is 0 Å². The zero-order valence-corrected chi connectivity index (χ0v) is 16.6. The largest absolute Gasteiger partial charge is 0.373 e. The van der Waals surface area contributed by atoms with E-state index in [-0.39, 0.29) is 17.9 Å². The smallest absolute Gasteiger partial charge is 0.223 e. The van der Waals surface area contributed by atoms with Gasteiger partial charge in [-0.05, 0) is 18.4 Å². The normalized spacial score (nSPS) is 25.5. The molecule has 0 spiro atoms. The molecule has 2 saturated heterocycles. The highest BCUT2D eigenvalue weighted by Gasteiger charge is 2.41. The number of hydrogen-bond donors (Lipinski definition) is 2. The maximum Gasteiger partial charge on any atom is 0.223 e. The molecule has 2 unspecified atom stereocenters. The number of rotatable bonds is 6. The van der Waals surface area contributed by atoms with Crippen molar-refractivity contribution in [3.8, 4) is 0 Å². The summed E-state index contributed by atoms with van der Waals surface area (Å²) < 4.78 is 6.06. The standard InChI is InChI=1S/C21H31N5O2/c1-22-21(24-10-9-23-20(27)17-7-8-17)26-14-18-19(15-26)28-12-11-25(18)13-16-5-3-2-4-6-16/h2-6,17-19H,7-15H2,1H3,(H,22,24)(H,23,27). The third kappa shape index (κ3) is 4.64. The summed E-state index contributed by atoms with van der Waals surface area (Å²) in [5.41, 5.74) is 1.34. The van der Waals surface area contributed by atoms with Crippen molar-refractivity contribution in [3.05, 3.63) is 35.9 Å². The molecule has 2 atom stereocenters. The minimum Gasteiger partial charge on any atom is -0.373 e. The third-order valence-electron chi connectivity index (χ3n) is 5.81. The van der Waals surface area contributed by atoms with Crippen LogP contribution >= 0.6 is 0 Å². The molecule has 152 valence electrons. The minimum absolute atomic E-state index is 0.189. The molecule has 7 nitrogen and oxygen atoms in total. The van der Waals surface area contributed by atoms with Crippen molar-refractivity contribution in [2.75, 3.05) is 46.4 Å². The predicted octanol–water partition coefficient (Wildman–Crippen LogP) is 0.673. The lowest BCUT2D eigenvalue weighted by atomic mass is 10.1. The average molecular weight is 386 g/mol. The van der Waals surface area contributed by atoms with Crippen LogP contribution in [-0.4, -0.2) is 80.2 Å². The molecule has 1 aromatic rings. The first-order valence-corrected chi connectivity index (χ1v) is 10.4. The maximum atomic E-state index is 11.7. The Morgan fingerprint density at radius 1 is 1.18 bits per heavy atom. The number of benzene rings is 1. The fraction of sp³-hybridized carbons (Fsp3) is 0.619. The van der Waals surface area contributed by atoms with Gasteiger partial charge in [0.05, 0.1) is 18.8 Å². The number of nitrogens with zero attached hydrogens (tertiary/aromatic N) is 3. The predicted molar refractivity (Wildman–Crippen MR) is 109 cm³/mol. The van der Waals surface area contributed by atoms with Gasteiger partial charge in [0.15, 0.2) is 5.96 Å². The summed E-state index contributed by atoms with van der Waals surface area (Å²) in [4.78, 5) is 21.0. The van der Waals surface area contributed by atoms with Crippen molar-refractivity contribution in [3.63, 3.8) is 0 Å². The quantitative estimate of drug-likeness (QED) is 0.428. The molecule has 7 heteroatoms. The topological polar surface area (TPSA) is 69.2 Å². The molecule has 2 N–H and O–H groups in total. The number of fused-ring (bicyclic) bond motifs is 1. The summed E-state index contributed by atoms with van der Waals surface area (Å²) in [6.45, 7) is 5.77. The Hall–Kier alpha value is -2.12. The molecule has 2 heterocycles. The van der Waals surface area contributed by atoms with Crippen molar-refractivity contribution in [1.29, 1.82) is 0 Å². The Labute approximate surface area is 167 Å². The van der Waals surface area contributed by atoms with Crippen LogP contribution in [0.4, 0.5) is 0 Å². The highest BCUT2D eigenvalue weighted by atomic mass is 16.5. The number of carbonyl (C=O) groups excluding carboxylic acids is 1. The Balaban J connectivity index is 1.28. The first kappa shape index (κ1) is 19.2. The van der Waals surface area contributed by atoms with E-state index in [1.165, 1.54) is 5.56 Å². The lowest BCUT2D eigenvalue weighted by molar-refractivity contribution is -0.122. The van der Waals surface area contributed by atoms with Gasteiger partial charge >= 0.3 is 0 Å². The van der Waals surface area contributed by atoms with Gasteiger partial charge in [0, 0.05) is 52.2 Å². The van der Waals surface area contributed by atoms with E-state index >= 15 is 0 Å². The molecule has 3 aliphatic rings. The van der Waals surface area contributed by atoms with Gasteiger partial charge in [-0.3, -0.25) is 14.7 Å². The molecule has 0 bridgehead atoms. The van der Waals surface area contributed by atoms with Crippen LogP contribution < -0.4 is 10.6 Å². The van der Waals surface area contributed by atoms with Crippen LogP contribution in [0.5, 0.6) is 0 Å². The third-order valence-corrected chi connectivity index (χ3v) is 5.81. The number of nitrogens with one attached hydrogen (secondary N) is 2. The van der Waals surface area contributed by atoms with Crippen LogP contribution in [0.2, 0.25) is 0 Å². The Morgan fingerprint density at radius 2 is 1.96 bits per heavy atom. The van der Waals surface area contributed by atoms with Gasteiger partial charge in [0.2, 0.25) is 5.91 Å². The number of likely N-dealkylation sites (tertiary alicyclic amines) is 1. The first-order chi connectivity index (χ1) is 13.7. The molecule has 0 aromatic heterocycles. The van der Waals surface area contributed by atoms with Crippen molar-refractivity contribution in [1.82, 2.24) is 20.4 Å². The van der Waals surface area contributed by atoms with Gasteiger partial charge in [0.1, 0.15) is 0 Å². The van der Waals surface area contributed by atoms with E-state index in [2.05, 4.69) is 55.8 Å². The van der Waals surface area contributed by atoms with Crippen molar-refractivity contribution in [2.24, 2.45) is 10.9 Å². The Morgan fingerprint density at radius 3 is 2.71 bits per heavy atom. The molecular weight excluding hydrogens is 354 g/mol. The molecule has 0 radical (unpaired) electrons. The van der Waals surface area contributed by atoms with Crippen LogP contribution in [0.3, 0.4) is 0 Å². The number of aliphatic imine (C=N–C) groups is 1. The summed E-state index contributed by atoms with van der Waals surface area (Å²) in [6, 6.07) is 11.0. The summed E-state index contributed by atoms with van der Waals surface area (Å²) in [7, 11) is 1.82. The highest BCUT2D eigenvalue weighted by Crippen LogP contribution is 2.28. The van der Waals surface area contributed by atoms with Crippen molar-refractivity contribution < 1.29 is 9.53 Å². The minimum atomic E-state index is 0.189. The Kier molecular flexibility index (Phi) is 6.12. The molecule has 4 rings (SSSR count). The number of morpholine rings is 1. The second kappa shape index (κ2) is 8.92. The van der Waals surface area contributed by atoms with Crippen LogP contribution in [-0.2, 0) is 16.1 Å². The number of ether oxygens (including phenoxy) is 1. The summed E-state index contributed by atoms with van der Waals surface area (Å²) in [6.07, 6.45) is 2.29. The van der Waals surface area contributed by atoms with Gasteiger partial charge in [-0.2, -0.15) is 0 Å². The molecule has 3 fully saturated rings. The number of amides is 1. The van der Waals surface area contributed by atoms with Crippen LogP contribution in [0, 0.1) is 5.92 Å². The number of carbonyl (C=O) groups is 1. The van der Waals surface area contributed by atoms with Gasteiger partial charge in [-0.15, -0.1) is 0 Å². The highest BCUT2D eigenvalue weighted by molar-refractivity contribution is 5.81. The van der Waals surface area contributed by atoms with E-state index in [1.807, 2.05) is 7.05 Å². The van der Waals surface area contributed by atoms with Gasteiger partial charge in [-0.1, -0.05) is 30.3 Å². The van der Waals surface area contributed by atoms with Crippen LogP contribution in [0.15, 0.2) is 35.3 Å². The maximum absolute atomic E-state index is 11.7. The lowest BCUT2D eigenvalue weighted by Crippen LogP contribution is -2.50.